The summed E-state index contributed by atoms with van der Waals surface area (Å²) in [7, 11) is 2.74. The van der Waals surface area contributed by atoms with E-state index in [0.717, 1.165) is 12.6 Å². The van der Waals surface area contributed by atoms with E-state index in [1.807, 2.05) is 0 Å². The van der Waals surface area contributed by atoms with Crippen molar-refractivity contribution >= 4 is 35.8 Å². The average Bonchev–Trinajstić information content (AvgIpc) is 2.58. The Bertz CT molecular complexity index is 656. The van der Waals surface area contributed by atoms with Crippen LogP contribution in [0.2, 0.25) is 0 Å². The summed E-state index contributed by atoms with van der Waals surface area (Å²) in [6.45, 7) is -2.09. The van der Waals surface area contributed by atoms with Gasteiger partial charge in [-0.25, -0.2) is 4.99 Å². The fourth-order valence-electron chi connectivity index (χ4n) is 2.22. The number of amides is 1. The SMILES string of the molecule is CCNC(=NCC(=O)N(C)CC(F)(F)F)N(C)Cc1ccc(OC(F)F)cc1.I. The third-order valence-electron chi connectivity index (χ3n) is 3.47. The first-order chi connectivity index (χ1) is 13.0. The third kappa shape index (κ3) is 11.0. The summed E-state index contributed by atoms with van der Waals surface area (Å²) in [6.07, 6.45) is -4.48. The van der Waals surface area contributed by atoms with Crippen molar-refractivity contribution in [3.8, 4) is 5.75 Å². The molecular weight excluding hydrogens is 514 g/mol. The van der Waals surface area contributed by atoms with Crippen LogP contribution < -0.4 is 10.1 Å². The molecule has 0 unspecified atom stereocenters. The van der Waals surface area contributed by atoms with Gasteiger partial charge in [0.1, 0.15) is 18.8 Å². The van der Waals surface area contributed by atoms with Crippen LogP contribution in [0.1, 0.15) is 12.5 Å². The molecule has 0 aliphatic carbocycles. The lowest BCUT2D eigenvalue weighted by atomic mass is 10.2. The predicted octanol–water partition coefficient (Wildman–Crippen LogP) is 3.32. The molecule has 0 saturated heterocycles. The van der Waals surface area contributed by atoms with Crippen molar-refractivity contribution in [2.24, 2.45) is 4.99 Å². The van der Waals surface area contributed by atoms with Gasteiger partial charge >= 0.3 is 12.8 Å². The monoisotopic (exact) mass is 538 g/mol. The van der Waals surface area contributed by atoms with Crippen LogP contribution in [0.3, 0.4) is 0 Å². The predicted molar refractivity (Wildman–Crippen MR) is 110 cm³/mol. The molecule has 0 radical (unpaired) electrons. The number of nitrogens with one attached hydrogen (secondary N) is 1. The van der Waals surface area contributed by atoms with Gasteiger partial charge in [0.15, 0.2) is 5.96 Å². The first-order valence-corrected chi connectivity index (χ1v) is 8.35. The van der Waals surface area contributed by atoms with Crippen LogP contribution in [0.4, 0.5) is 22.0 Å². The van der Waals surface area contributed by atoms with E-state index in [9.17, 15) is 26.7 Å². The third-order valence-corrected chi connectivity index (χ3v) is 3.47. The number of halogens is 6. The van der Waals surface area contributed by atoms with E-state index in [2.05, 4.69) is 15.0 Å². The highest BCUT2D eigenvalue weighted by Crippen LogP contribution is 2.16. The zero-order chi connectivity index (χ0) is 21.3. The fourth-order valence-corrected chi connectivity index (χ4v) is 2.22. The van der Waals surface area contributed by atoms with Crippen LogP contribution in [0, 0.1) is 0 Å². The lowest BCUT2D eigenvalue weighted by molar-refractivity contribution is -0.157. The van der Waals surface area contributed by atoms with E-state index in [0.29, 0.717) is 23.9 Å². The second kappa shape index (κ2) is 12.6. The van der Waals surface area contributed by atoms with Gasteiger partial charge in [0.2, 0.25) is 5.91 Å². The number of ether oxygens (including phenoxy) is 1. The largest absolute Gasteiger partial charge is 0.435 e. The van der Waals surface area contributed by atoms with E-state index in [1.54, 1.807) is 31.0 Å². The van der Waals surface area contributed by atoms with Gasteiger partial charge in [-0.15, -0.1) is 24.0 Å². The molecule has 1 aromatic carbocycles. The Morgan fingerprint density at radius 2 is 1.76 bits per heavy atom. The Hall–Kier alpha value is -1.86. The second-order valence-electron chi connectivity index (χ2n) is 5.91. The number of benzene rings is 1. The first kappa shape index (κ1) is 27.1. The van der Waals surface area contributed by atoms with Gasteiger partial charge in [-0.2, -0.15) is 22.0 Å². The zero-order valence-corrected chi connectivity index (χ0v) is 18.5. The summed E-state index contributed by atoms with van der Waals surface area (Å²) >= 11 is 0. The minimum absolute atomic E-state index is 0. The number of alkyl halides is 5. The van der Waals surface area contributed by atoms with E-state index in [-0.39, 0.29) is 29.7 Å². The summed E-state index contributed by atoms with van der Waals surface area (Å²) in [5, 5.41) is 2.94. The van der Waals surface area contributed by atoms with Crippen molar-refractivity contribution < 1.29 is 31.5 Å². The standard InChI is InChI=1S/C17H23F5N4O2.HI/c1-4-23-16(24-9-14(27)26(3)11-17(20,21)22)25(2)10-12-5-7-13(8-6-12)28-15(18)19;/h5-8,15H,4,9-11H2,1-3H3,(H,23,24);1H. The highest BCUT2D eigenvalue weighted by atomic mass is 127. The van der Waals surface area contributed by atoms with Gasteiger partial charge in [-0.05, 0) is 24.6 Å². The van der Waals surface area contributed by atoms with E-state index in [1.165, 1.54) is 12.1 Å². The number of carbonyl (C=O) groups is 1. The Labute approximate surface area is 183 Å². The molecule has 6 nitrogen and oxygen atoms in total. The molecular formula is C17H24F5IN4O2. The van der Waals surface area contributed by atoms with Gasteiger partial charge in [-0.1, -0.05) is 12.1 Å². The Balaban J connectivity index is 0.00000784. The first-order valence-electron chi connectivity index (χ1n) is 8.35. The van der Waals surface area contributed by atoms with Crippen LogP contribution in [-0.4, -0.2) is 68.2 Å². The molecule has 0 saturated carbocycles. The average molecular weight is 538 g/mol. The smallest absolute Gasteiger partial charge is 0.406 e. The molecule has 0 atom stereocenters. The number of guanidine groups is 1. The van der Waals surface area contributed by atoms with E-state index in [4.69, 9.17) is 0 Å². The highest BCUT2D eigenvalue weighted by molar-refractivity contribution is 14.0. The molecule has 12 heteroatoms. The molecule has 1 rings (SSSR count). The summed E-state index contributed by atoms with van der Waals surface area (Å²) in [6, 6.07) is 5.99. The summed E-state index contributed by atoms with van der Waals surface area (Å²) in [5.74, 6) is -0.418. The molecule has 1 N–H and O–H groups in total. The minimum atomic E-state index is -4.48. The number of rotatable bonds is 8. The van der Waals surface area contributed by atoms with Gasteiger partial charge in [0.05, 0.1) is 0 Å². The maximum Gasteiger partial charge on any atom is 0.406 e. The van der Waals surface area contributed by atoms with Crippen molar-refractivity contribution in [2.45, 2.75) is 26.3 Å². The lowest BCUT2D eigenvalue weighted by Gasteiger charge is -2.23. The number of aliphatic imine (C=N–C) groups is 1. The topological polar surface area (TPSA) is 57.2 Å². The van der Waals surface area contributed by atoms with Crippen molar-refractivity contribution in [3.63, 3.8) is 0 Å². The van der Waals surface area contributed by atoms with Crippen molar-refractivity contribution in [3.05, 3.63) is 29.8 Å². The number of nitrogens with zero attached hydrogens (tertiary/aromatic N) is 3. The molecule has 0 aliphatic heterocycles. The van der Waals surface area contributed by atoms with Gasteiger partial charge in [-0.3, -0.25) is 4.79 Å². The highest BCUT2D eigenvalue weighted by Gasteiger charge is 2.31. The Kier molecular flexibility index (Phi) is 11.8. The summed E-state index contributed by atoms with van der Waals surface area (Å²) in [5.41, 5.74) is 0.759. The zero-order valence-electron chi connectivity index (χ0n) is 16.2. The van der Waals surface area contributed by atoms with E-state index >= 15 is 0 Å². The number of hydrogen-bond donors (Lipinski definition) is 1. The normalized spacial score (nSPS) is 11.7. The maximum atomic E-state index is 12.4. The van der Waals surface area contributed by atoms with E-state index < -0.39 is 31.8 Å². The number of likely N-dealkylation sites (N-methyl/N-ethyl adjacent to an activating group) is 1. The molecule has 1 amide bonds. The van der Waals surface area contributed by atoms with Gasteiger partial charge in [0.25, 0.3) is 0 Å². The quantitative estimate of drug-likeness (QED) is 0.239. The molecule has 0 fully saturated rings. The van der Waals surface area contributed by atoms with Crippen molar-refractivity contribution in [2.75, 3.05) is 33.7 Å². The molecule has 0 bridgehead atoms. The second-order valence-corrected chi connectivity index (χ2v) is 5.91. The van der Waals surface area contributed by atoms with Crippen LogP contribution >= 0.6 is 24.0 Å². The maximum absolute atomic E-state index is 12.4. The molecule has 0 aliphatic rings. The van der Waals surface area contributed by atoms with Gasteiger partial charge in [0, 0.05) is 27.2 Å². The number of hydrogen-bond acceptors (Lipinski definition) is 3. The molecule has 29 heavy (non-hydrogen) atoms. The molecule has 1 aromatic rings. The Morgan fingerprint density at radius 3 is 2.24 bits per heavy atom. The molecule has 0 aromatic heterocycles. The van der Waals surface area contributed by atoms with Crippen LogP contribution in [0.25, 0.3) is 0 Å². The van der Waals surface area contributed by atoms with Crippen LogP contribution in [-0.2, 0) is 11.3 Å². The lowest BCUT2D eigenvalue weighted by Crippen LogP contribution is -2.41. The van der Waals surface area contributed by atoms with Gasteiger partial charge < -0.3 is 19.9 Å². The van der Waals surface area contributed by atoms with Crippen LogP contribution in [0.15, 0.2) is 29.3 Å². The van der Waals surface area contributed by atoms with Crippen molar-refractivity contribution in [1.82, 2.24) is 15.1 Å². The molecule has 0 heterocycles. The number of carbonyl (C=O) groups excluding carboxylic acids is 1. The Morgan fingerprint density at radius 1 is 1.17 bits per heavy atom. The molecule has 0 spiro atoms. The minimum Gasteiger partial charge on any atom is -0.435 e. The van der Waals surface area contributed by atoms with Crippen molar-refractivity contribution in [1.29, 1.82) is 0 Å². The molecule has 166 valence electrons. The summed E-state index contributed by atoms with van der Waals surface area (Å²) < 4.78 is 65.7. The summed E-state index contributed by atoms with van der Waals surface area (Å²) in [4.78, 5) is 18.1. The van der Waals surface area contributed by atoms with Crippen LogP contribution in [0.5, 0.6) is 5.75 Å². The fraction of sp³-hybridized carbons (Fsp3) is 0.529.